The van der Waals surface area contributed by atoms with Gasteiger partial charge in [0.05, 0.1) is 11.9 Å². The molecule has 1 saturated carbocycles. The van der Waals surface area contributed by atoms with Gasteiger partial charge in [-0.3, -0.25) is 4.79 Å². The van der Waals surface area contributed by atoms with Crippen LogP contribution in [0.25, 0.3) is 0 Å². The summed E-state index contributed by atoms with van der Waals surface area (Å²) in [5, 5.41) is 2.49. The minimum Gasteiger partial charge on any atom is -0.384 e. The lowest BCUT2D eigenvalue weighted by atomic mass is 9.88. The number of sulfonamides is 1. The molecular weight excluding hydrogens is 304 g/mol. The smallest absolute Gasteiger partial charge is 0.241 e. The Morgan fingerprint density at radius 1 is 1.32 bits per heavy atom. The lowest BCUT2D eigenvalue weighted by Crippen LogP contribution is -2.41. The Morgan fingerprint density at radius 2 is 2.00 bits per heavy atom. The molecule has 0 atom stereocenters. The van der Waals surface area contributed by atoms with Gasteiger partial charge in [0.25, 0.3) is 0 Å². The van der Waals surface area contributed by atoms with Crippen molar-refractivity contribution in [3.63, 3.8) is 0 Å². The molecule has 8 heteroatoms. The Bertz CT molecular complexity index is 607. The second kappa shape index (κ2) is 7.06. The number of hydrogen-bond donors (Lipinski definition) is 3. The second-order valence-corrected chi connectivity index (χ2v) is 7.61. The lowest BCUT2D eigenvalue weighted by molar-refractivity contribution is -0.113. The van der Waals surface area contributed by atoms with Crippen molar-refractivity contribution in [3.8, 4) is 0 Å². The third-order valence-corrected chi connectivity index (χ3v) is 5.09. The standard InChI is InChI=1S/C14H22N4O3S/c1-10-2-4-11(5-3-10)18-22(20,21)9-14(19)17-12-6-7-13(15)16-8-12/h6-8,10-11,18H,2-5,9H2,1H3,(H2,15,16)(H,17,19). The number of nitrogens with zero attached hydrogens (tertiary/aromatic N) is 1. The molecule has 1 aromatic heterocycles. The van der Waals surface area contributed by atoms with Crippen molar-refractivity contribution in [2.75, 3.05) is 16.8 Å². The highest BCUT2D eigenvalue weighted by Crippen LogP contribution is 2.23. The number of hydrogen-bond acceptors (Lipinski definition) is 5. The van der Waals surface area contributed by atoms with Crippen LogP contribution in [-0.2, 0) is 14.8 Å². The maximum Gasteiger partial charge on any atom is 0.241 e. The molecule has 1 fully saturated rings. The highest BCUT2D eigenvalue weighted by atomic mass is 32.2. The monoisotopic (exact) mass is 326 g/mol. The van der Waals surface area contributed by atoms with E-state index in [1.807, 2.05) is 0 Å². The van der Waals surface area contributed by atoms with E-state index in [-0.39, 0.29) is 6.04 Å². The fourth-order valence-corrected chi connectivity index (χ4v) is 3.77. The number of carbonyl (C=O) groups is 1. The SMILES string of the molecule is CC1CCC(NS(=O)(=O)CC(=O)Nc2ccc(N)nc2)CC1. The van der Waals surface area contributed by atoms with E-state index in [9.17, 15) is 13.2 Å². The van der Waals surface area contributed by atoms with Crippen LogP contribution in [0.3, 0.4) is 0 Å². The normalized spacial score (nSPS) is 22.2. The van der Waals surface area contributed by atoms with E-state index in [2.05, 4.69) is 21.9 Å². The zero-order chi connectivity index (χ0) is 16.2. The number of anilines is 2. The van der Waals surface area contributed by atoms with Gasteiger partial charge >= 0.3 is 0 Å². The van der Waals surface area contributed by atoms with Crippen molar-refractivity contribution in [1.29, 1.82) is 0 Å². The molecule has 2 rings (SSSR count). The number of nitrogen functional groups attached to an aromatic ring is 1. The van der Waals surface area contributed by atoms with Gasteiger partial charge < -0.3 is 11.1 Å². The molecule has 7 nitrogen and oxygen atoms in total. The zero-order valence-corrected chi connectivity index (χ0v) is 13.4. The van der Waals surface area contributed by atoms with Gasteiger partial charge in [0.15, 0.2) is 0 Å². The van der Waals surface area contributed by atoms with Crippen LogP contribution in [0.1, 0.15) is 32.6 Å². The average Bonchev–Trinajstić information content (AvgIpc) is 2.43. The first kappa shape index (κ1) is 16.7. The van der Waals surface area contributed by atoms with Crippen molar-refractivity contribution in [1.82, 2.24) is 9.71 Å². The molecule has 0 saturated heterocycles. The maximum absolute atomic E-state index is 12.0. The predicted octanol–water partition coefficient (Wildman–Crippen LogP) is 1.10. The minimum atomic E-state index is -3.63. The largest absolute Gasteiger partial charge is 0.384 e. The first-order valence-corrected chi connectivity index (χ1v) is 9.00. The highest BCUT2D eigenvalue weighted by Gasteiger charge is 2.24. The molecule has 1 heterocycles. The summed E-state index contributed by atoms with van der Waals surface area (Å²) in [6.07, 6.45) is 5.05. The van der Waals surface area contributed by atoms with E-state index in [0.717, 1.165) is 25.7 Å². The Hall–Kier alpha value is -1.67. The summed E-state index contributed by atoms with van der Waals surface area (Å²) in [6, 6.07) is 3.04. The summed E-state index contributed by atoms with van der Waals surface area (Å²) in [5.74, 6) is -0.215. The lowest BCUT2D eigenvalue weighted by Gasteiger charge is -2.26. The molecule has 0 bridgehead atoms. The molecule has 1 aliphatic carbocycles. The fourth-order valence-electron chi connectivity index (χ4n) is 2.52. The Balaban J connectivity index is 1.85. The molecule has 1 amide bonds. The Kier molecular flexibility index (Phi) is 5.36. The number of pyridine rings is 1. The molecule has 122 valence electrons. The van der Waals surface area contributed by atoms with Crippen LogP contribution in [0, 0.1) is 5.92 Å². The third-order valence-electron chi connectivity index (χ3n) is 3.75. The topological polar surface area (TPSA) is 114 Å². The molecule has 0 aromatic carbocycles. The zero-order valence-electron chi connectivity index (χ0n) is 12.6. The maximum atomic E-state index is 12.0. The van der Waals surface area contributed by atoms with Gasteiger partial charge in [0, 0.05) is 6.04 Å². The van der Waals surface area contributed by atoms with Crippen molar-refractivity contribution in [2.45, 2.75) is 38.6 Å². The molecule has 0 radical (unpaired) electrons. The van der Waals surface area contributed by atoms with Gasteiger partial charge in [0.1, 0.15) is 11.6 Å². The second-order valence-electron chi connectivity index (χ2n) is 5.85. The third kappa shape index (κ3) is 5.27. The van der Waals surface area contributed by atoms with E-state index >= 15 is 0 Å². The quantitative estimate of drug-likeness (QED) is 0.749. The van der Waals surface area contributed by atoms with Crippen LogP contribution in [-0.4, -0.2) is 31.1 Å². The Labute approximate surface area is 130 Å². The number of rotatable bonds is 5. The van der Waals surface area contributed by atoms with Crippen LogP contribution in [0.5, 0.6) is 0 Å². The van der Waals surface area contributed by atoms with E-state index in [1.165, 1.54) is 12.3 Å². The predicted molar refractivity (Wildman–Crippen MR) is 85.6 cm³/mol. The van der Waals surface area contributed by atoms with Gasteiger partial charge in [-0.25, -0.2) is 18.1 Å². The van der Waals surface area contributed by atoms with Gasteiger partial charge in [-0.15, -0.1) is 0 Å². The number of nitrogens with two attached hydrogens (primary N) is 1. The van der Waals surface area contributed by atoms with Crippen molar-refractivity contribution >= 4 is 27.4 Å². The van der Waals surface area contributed by atoms with E-state index in [4.69, 9.17) is 5.73 Å². The number of amides is 1. The number of aromatic nitrogens is 1. The van der Waals surface area contributed by atoms with Gasteiger partial charge in [-0.1, -0.05) is 6.92 Å². The molecule has 0 aliphatic heterocycles. The highest BCUT2D eigenvalue weighted by molar-refractivity contribution is 7.90. The summed E-state index contributed by atoms with van der Waals surface area (Å²) < 4.78 is 26.7. The molecule has 0 unspecified atom stereocenters. The summed E-state index contributed by atoms with van der Waals surface area (Å²) >= 11 is 0. The van der Waals surface area contributed by atoms with Gasteiger partial charge in [-0.05, 0) is 43.7 Å². The van der Waals surface area contributed by atoms with Gasteiger partial charge in [-0.2, -0.15) is 0 Å². The van der Waals surface area contributed by atoms with Crippen LogP contribution < -0.4 is 15.8 Å². The van der Waals surface area contributed by atoms with E-state index in [0.29, 0.717) is 17.4 Å². The summed E-state index contributed by atoms with van der Waals surface area (Å²) in [4.78, 5) is 15.6. The first-order chi connectivity index (χ1) is 10.3. The van der Waals surface area contributed by atoms with Crippen molar-refractivity contribution in [3.05, 3.63) is 18.3 Å². The fraction of sp³-hybridized carbons (Fsp3) is 0.571. The molecule has 1 aromatic rings. The summed E-state index contributed by atoms with van der Waals surface area (Å²) in [7, 11) is -3.63. The van der Waals surface area contributed by atoms with Crippen LogP contribution in [0.4, 0.5) is 11.5 Å². The van der Waals surface area contributed by atoms with Crippen molar-refractivity contribution < 1.29 is 13.2 Å². The average molecular weight is 326 g/mol. The number of nitrogens with one attached hydrogen (secondary N) is 2. The van der Waals surface area contributed by atoms with Crippen LogP contribution >= 0.6 is 0 Å². The number of carbonyl (C=O) groups excluding carboxylic acids is 1. The molecule has 4 N–H and O–H groups in total. The van der Waals surface area contributed by atoms with Crippen molar-refractivity contribution in [2.24, 2.45) is 5.92 Å². The first-order valence-electron chi connectivity index (χ1n) is 7.35. The summed E-state index contributed by atoms with van der Waals surface area (Å²) in [6.45, 7) is 2.17. The minimum absolute atomic E-state index is 0.0628. The van der Waals surface area contributed by atoms with Crippen LogP contribution in [0.15, 0.2) is 18.3 Å². The molecular formula is C14H22N4O3S. The van der Waals surface area contributed by atoms with Gasteiger partial charge in [0.2, 0.25) is 15.9 Å². The molecule has 1 aliphatic rings. The summed E-state index contributed by atoms with van der Waals surface area (Å²) in [5.41, 5.74) is 5.86. The van der Waals surface area contributed by atoms with E-state index in [1.54, 1.807) is 6.07 Å². The Morgan fingerprint density at radius 3 is 2.59 bits per heavy atom. The van der Waals surface area contributed by atoms with E-state index < -0.39 is 21.7 Å². The van der Waals surface area contributed by atoms with Crippen LogP contribution in [0.2, 0.25) is 0 Å². The molecule has 22 heavy (non-hydrogen) atoms. The molecule has 0 spiro atoms.